The molecule has 1 N–H and O–H groups in total. The lowest BCUT2D eigenvalue weighted by atomic mass is 9.89. The van der Waals surface area contributed by atoms with Gasteiger partial charge in [0.2, 0.25) is 0 Å². The minimum Gasteiger partial charge on any atom is -0.481 e. The molecule has 2 fully saturated rings. The van der Waals surface area contributed by atoms with E-state index in [-0.39, 0.29) is 18.0 Å². The summed E-state index contributed by atoms with van der Waals surface area (Å²) in [5.74, 6) is -2.04. The molecule has 2 saturated heterocycles. The highest BCUT2D eigenvalue weighted by Crippen LogP contribution is 2.42. The molecular weight excluding hydrogens is 252 g/mol. The molecule has 2 bridgehead atoms. The molecule has 1 aromatic rings. The van der Waals surface area contributed by atoms with Crippen molar-refractivity contribution in [2.24, 2.45) is 5.92 Å². The minimum absolute atomic E-state index is 0.0369. The number of hydrogen-bond acceptors (Lipinski definition) is 2. The third-order valence-corrected chi connectivity index (χ3v) is 4.36. The fraction of sp³-hybridized carbons (Fsp3) is 0.500. The maximum atomic E-state index is 13.6. The molecule has 0 aliphatic carbocycles. The van der Waals surface area contributed by atoms with Crippen molar-refractivity contribution in [3.63, 3.8) is 0 Å². The average molecular weight is 267 g/mol. The molecule has 0 saturated carbocycles. The van der Waals surface area contributed by atoms with Gasteiger partial charge in [0.1, 0.15) is 11.6 Å². The molecule has 2 aliphatic rings. The Kier molecular flexibility index (Phi) is 3.01. The van der Waals surface area contributed by atoms with E-state index in [4.69, 9.17) is 5.11 Å². The van der Waals surface area contributed by atoms with Crippen LogP contribution < -0.4 is 0 Å². The van der Waals surface area contributed by atoms with E-state index in [9.17, 15) is 13.6 Å². The van der Waals surface area contributed by atoms with E-state index in [2.05, 4.69) is 0 Å². The SMILES string of the molecule is O=C(O)C1CC2CCC1N2Cc1cc(F)ccc1F. The Morgan fingerprint density at radius 3 is 2.84 bits per heavy atom. The largest absolute Gasteiger partial charge is 0.481 e. The van der Waals surface area contributed by atoms with Crippen LogP contribution in [0, 0.1) is 17.6 Å². The summed E-state index contributed by atoms with van der Waals surface area (Å²) in [5.41, 5.74) is 0.308. The van der Waals surface area contributed by atoms with Crippen LogP contribution in [0.3, 0.4) is 0 Å². The molecule has 3 nitrogen and oxygen atoms in total. The van der Waals surface area contributed by atoms with E-state index >= 15 is 0 Å². The second-order valence-electron chi connectivity index (χ2n) is 5.39. The lowest BCUT2D eigenvalue weighted by molar-refractivity contribution is -0.142. The number of carboxylic acids is 1. The molecule has 102 valence electrons. The Balaban J connectivity index is 1.81. The molecule has 19 heavy (non-hydrogen) atoms. The summed E-state index contributed by atoms with van der Waals surface area (Å²) >= 11 is 0. The van der Waals surface area contributed by atoms with Gasteiger partial charge in [0.25, 0.3) is 0 Å². The third-order valence-electron chi connectivity index (χ3n) is 4.36. The van der Waals surface area contributed by atoms with Crippen LogP contribution >= 0.6 is 0 Å². The topological polar surface area (TPSA) is 40.5 Å². The van der Waals surface area contributed by atoms with Crippen molar-refractivity contribution in [2.75, 3.05) is 0 Å². The van der Waals surface area contributed by atoms with Gasteiger partial charge in [-0.3, -0.25) is 9.69 Å². The first-order chi connectivity index (χ1) is 9.06. The van der Waals surface area contributed by atoms with Crippen molar-refractivity contribution >= 4 is 5.97 Å². The highest BCUT2D eigenvalue weighted by molar-refractivity contribution is 5.71. The summed E-state index contributed by atoms with van der Waals surface area (Å²) in [6.07, 6.45) is 2.40. The Bertz CT molecular complexity index is 520. The molecular formula is C14H15F2NO2. The van der Waals surface area contributed by atoms with Crippen molar-refractivity contribution in [1.29, 1.82) is 0 Å². The lowest BCUT2D eigenvalue weighted by Gasteiger charge is -2.23. The summed E-state index contributed by atoms with van der Waals surface area (Å²) < 4.78 is 26.8. The lowest BCUT2D eigenvalue weighted by Crippen LogP contribution is -2.32. The van der Waals surface area contributed by atoms with Gasteiger partial charge >= 0.3 is 5.97 Å². The van der Waals surface area contributed by atoms with Crippen molar-refractivity contribution in [3.05, 3.63) is 35.4 Å². The van der Waals surface area contributed by atoms with Crippen LogP contribution in [-0.4, -0.2) is 28.1 Å². The normalized spacial score (nSPS) is 29.9. The van der Waals surface area contributed by atoms with E-state index in [0.717, 1.165) is 25.0 Å². The predicted molar refractivity (Wildman–Crippen MR) is 64.5 cm³/mol. The summed E-state index contributed by atoms with van der Waals surface area (Å²) in [6, 6.07) is 3.57. The number of carbonyl (C=O) groups is 1. The molecule has 1 aromatic carbocycles. The fourth-order valence-electron chi connectivity index (χ4n) is 3.47. The number of hydrogen-bond donors (Lipinski definition) is 1. The second kappa shape index (κ2) is 4.56. The summed E-state index contributed by atoms with van der Waals surface area (Å²) in [4.78, 5) is 13.2. The van der Waals surface area contributed by atoms with E-state index in [1.54, 1.807) is 0 Å². The number of rotatable bonds is 3. The molecule has 3 atom stereocenters. The summed E-state index contributed by atoms with van der Waals surface area (Å²) in [6.45, 7) is 0.294. The van der Waals surface area contributed by atoms with Crippen molar-refractivity contribution in [2.45, 2.75) is 37.9 Å². The number of fused-ring (bicyclic) bond motifs is 2. The first-order valence-corrected chi connectivity index (χ1v) is 6.48. The van der Waals surface area contributed by atoms with Crippen LogP contribution in [0.4, 0.5) is 8.78 Å². The Hall–Kier alpha value is -1.49. The van der Waals surface area contributed by atoms with E-state index in [1.165, 1.54) is 6.07 Å². The molecule has 2 aliphatic heterocycles. The van der Waals surface area contributed by atoms with Crippen molar-refractivity contribution in [3.8, 4) is 0 Å². The van der Waals surface area contributed by atoms with Gasteiger partial charge in [-0.25, -0.2) is 8.78 Å². The number of benzene rings is 1. The van der Waals surface area contributed by atoms with Crippen molar-refractivity contribution < 1.29 is 18.7 Å². The third kappa shape index (κ3) is 2.12. The van der Waals surface area contributed by atoms with Gasteiger partial charge < -0.3 is 5.11 Å². The van der Waals surface area contributed by atoms with Gasteiger partial charge in [-0.05, 0) is 37.5 Å². The number of aliphatic carboxylic acids is 1. The van der Waals surface area contributed by atoms with Crippen molar-refractivity contribution in [1.82, 2.24) is 4.90 Å². The second-order valence-corrected chi connectivity index (χ2v) is 5.39. The zero-order chi connectivity index (χ0) is 13.6. The maximum Gasteiger partial charge on any atom is 0.308 e. The quantitative estimate of drug-likeness (QED) is 0.914. The first-order valence-electron chi connectivity index (χ1n) is 6.48. The number of halogens is 2. The maximum absolute atomic E-state index is 13.6. The van der Waals surface area contributed by atoms with Gasteiger partial charge in [0.05, 0.1) is 5.92 Å². The van der Waals surface area contributed by atoms with E-state index in [0.29, 0.717) is 18.5 Å². The molecule has 5 heteroatoms. The van der Waals surface area contributed by atoms with Crippen LogP contribution in [0.5, 0.6) is 0 Å². The molecule has 3 rings (SSSR count). The van der Waals surface area contributed by atoms with Crippen LogP contribution in [0.15, 0.2) is 18.2 Å². The molecule has 0 aromatic heterocycles. The van der Waals surface area contributed by atoms with E-state index in [1.807, 2.05) is 4.90 Å². The van der Waals surface area contributed by atoms with E-state index < -0.39 is 17.6 Å². The standard InChI is InChI=1S/C14H15F2NO2/c15-9-1-3-12(16)8(5-9)7-17-10-2-4-13(17)11(6-10)14(18)19/h1,3,5,10-11,13H,2,4,6-7H2,(H,18,19). The Labute approximate surface area is 109 Å². The molecule has 0 radical (unpaired) electrons. The van der Waals surface area contributed by atoms with Gasteiger partial charge in [0.15, 0.2) is 0 Å². The van der Waals surface area contributed by atoms with Crippen LogP contribution in [-0.2, 0) is 11.3 Å². The van der Waals surface area contributed by atoms with Crippen LogP contribution in [0.1, 0.15) is 24.8 Å². The zero-order valence-electron chi connectivity index (χ0n) is 10.4. The molecule has 0 amide bonds. The monoisotopic (exact) mass is 267 g/mol. The fourth-order valence-corrected chi connectivity index (χ4v) is 3.47. The number of nitrogens with zero attached hydrogens (tertiary/aromatic N) is 1. The van der Waals surface area contributed by atoms with Gasteiger partial charge in [-0.2, -0.15) is 0 Å². The van der Waals surface area contributed by atoms with Crippen LogP contribution in [0.2, 0.25) is 0 Å². The summed E-state index contributed by atoms with van der Waals surface area (Å²) in [7, 11) is 0. The highest BCUT2D eigenvalue weighted by Gasteiger charge is 2.49. The number of carboxylic acid groups (broad SMARTS) is 1. The van der Waals surface area contributed by atoms with Gasteiger partial charge in [-0.1, -0.05) is 0 Å². The highest BCUT2D eigenvalue weighted by atomic mass is 19.1. The minimum atomic E-state index is -0.781. The average Bonchev–Trinajstić information content (AvgIpc) is 2.91. The zero-order valence-corrected chi connectivity index (χ0v) is 10.4. The summed E-state index contributed by atoms with van der Waals surface area (Å²) in [5, 5.41) is 9.16. The smallest absolute Gasteiger partial charge is 0.308 e. The first kappa shape index (κ1) is 12.5. The Morgan fingerprint density at radius 2 is 2.16 bits per heavy atom. The predicted octanol–water partition coefficient (Wildman–Crippen LogP) is 2.40. The van der Waals surface area contributed by atoms with Gasteiger partial charge in [-0.15, -0.1) is 0 Å². The van der Waals surface area contributed by atoms with Crippen LogP contribution in [0.25, 0.3) is 0 Å². The Morgan fingerprint density at radius 1 is 1.37 bits per heavy atom. The molecule has 0 spiro atoms. The molecule has 2 heterocycles. The van der Waals surface area contributed by atoms with Gasteiger partial charge in [0, 0.05) is 24.2 Å². The molecule has 3 unspecified atom stereocenters.